The van der Waals surface area contributed by atoms with E-state index in [-0.39, 0.29) is 10.9 Å². The number of sulfonamides is 1. The molecular formula is C24H25FN2O2S. The van der Waals surface area contributed by atoms with Crippen LogP contribution in [0.25, 0.3) is 0 Å². The minimum absolute atomic E-state index is 0.00842. The second-order valence-corrected chi connectivity index (χ2v) is 9.56. The molecule has 0 aliphatic carbocycles. The normalized spacial score (nSPS) is 17.0. The average Bonchev–Trinajstić information content (AvgIpc) is 2.76. The van der Waals surface area contributed by atoms with Crippen LogP contribution in [0, 0.1) is 12.7 Å². The molecule has 0 amide bonds. The second-order valence-electron chi connectivity index (χ2n) is 7.62. The molecule has 0 saturated carbocycles. The number of nitrogens with zero attached hydrogens (tertiary/aromatic N) is 2. The summed E-state index contributed by atoms with van der Waals surface area (Å²) in [4.78, 5) is 2.33. The molecule has 1 fully saturated rings. The van der Waals surface area contributed by atoms with E-state index < -0.39 is 15.8 Å². The van der Waals surface area contributed by atoms with E-state index >= 15 is 0 Å². The largest absolute Gasteiger partial charge is 0.290 e. The number of aryl methyl sites for hydroxylation is 1. The van der Waals surface area contributed by atoms with Crippen molar-refractivity contribution in [3.05, 3.63) is 101 Å². The molecule has 0 N–H and O–H groups in total. The van der Waals surface area contributed by atoms with E-state index in [0.29, 0.717) is 26.2 Å². The van der Waals surface area contributed by atoms with Gasteiger partial charge in [0, 0.05) is 26.2 Å². The molecule has 1 atom stereocenters. The first-order chi connectivity index (χ1) is 14.4. The molecule has 3 aromatic rings. The Morgan fingerprint density at radius 2 is 1.43 bits per heavy atom. The maximum atomic E-state index is 13.5. The fourth-order valence-corrected chi connectivity index (χ4v) is 5.43. The Balaban J connectivity index is 1.56. The number of piperazine rings is 1. The SMILES string of the molecule is Cc1ccc(C(c2ccccc2)N2CCN(S(=O)(=O)c3cccc(F)c3)CC2)cc1. The van der Waals surface area contributed by atoms with Crippen molar-refractivity contribution in [3.8, 4) is 0 Å². The molecule has 1 heterocycles. The zero-order valence-corrected chi connectivity index (χ0v) is 17.7. The van der Waals surface area contributed by atoms with Crippen molar-refractivity contribution in [2.75, 3.05) is 26.2 Å². The molecule has 0 bridgehead atoms. The summed E-state index contributed by atoms with van der Waals surface area (Å²) in [5.41, 5.74) is 3.58. The molecule has 4 rings (SSSR count). The average molecular weight is 425 g/mol. The van der Waals surface area contributed by atoms with E-state index in [1.54, 1.807) is 0 Å². The van der Waals surface area contributed by atoms with Crippen LogP contribution >= 0.6 is 0 Å². The van der Waals surface area contributed by atoms with Gasteiger partial charge in [-0.05, 0) is 36.2 Å². The molecule has 1 aliphatic heterocycles. The van der Waals surface area contributed by atoms with E-state index in [4.69, 9.17) is 0 Å². The summed E-state index contributed by atoms with van der Waals surface area (Å²) < 4.78 is 40.9. The molecule has 0 aromatic heterocycles. The van der Waals surface area contributed by atoms with Crippen LogP contribution in [0.5, 0.6) is 0 Å². The molecule has 0 spiro atoms. The lowest BCUT2D eigenvalue weighted by molar-refractivity contribution is 0.156. The highest BCUT2D eigenvalue weighted by molar-refractivity contribution is 7.89. The number of rotatable bonds is 5. The third-order valence-corrected chi connectivity index (χ3v) is 7.48. The Morgan fingerprint density at radius 3 is 2.07 bits per heavy atom. The van der Waals surface area contributed by atoms with E-state index in [1.807, 2.05) is 18.2 Å². The summed E-state index contributed by atoms with van der Waals surface area (Å²) in [5.74, 6) is -0.543. The van der Waals surface area contributed by atoms with Crippen molar-refractivity contribution in [2.24, 2.45) is 0 Å². The van der Waals surface area contributed by atoms with E-state index in [1.165, 1.54) is 39.2 Å². The van der Waals surface area contributed by atoms with Crippen molar-refractivity contribution >= 4 is 10.0 Å². The number of benzene rings is 3. The Labute approximate surface area is 177 Å². The van der Waals surface area contributed by atoms with Crippen LogP contribution in [0.1, 0.15) is 22.7 Å². The lowest BCUT2D eigenvalue weighted by Gasteiger charge is -2.39. The van der Waals surface area contributed by atoms with Gasteiger partial charge in [0.15, 0.2) is 0 Å². The zero-order valence-electron chi connectivity index (χ0n) is 16.9. The number of hydrogen-bond donors (Lipinski definition) is 0. The topological polar surface area (TPSA) is 40.6 Å². The molecule has 1 unspecified atom stereocenters. The van der Waals surface area contributed by atoms with Gasteiger partial charge in [-0.1, -0.05) is 66.2 Å². The maximum Gasteiger partial charge on any atom is 0.243 e. The van der Waals surface area contributed by atoms with Gasteiger partial charge in [-0.15, -0.1) is 0 Å². The molecule has 1 saturated heterocycles. The summed E-state index contributed by atoms with van der Waals surface area (Å²) in [6.45, 7) is 4.00. The Morgan fingerprint density at radius 1 is 0.800 bits per heavy atom. The summed E-state index contributed by atoms with van der Waals surface area (Å²) in [5, 5.41) is 0. The third kappa shape index (κ3) is 4.31. The second kappa shape index (κ2) is 8.68. The predicted molar refractivity (Wildman–Crippen MR) is 116 cm³/mol. The lowest BCUT2D eigenvalue weighted by atomic mass is 9.96. The first-order valence-electron chi connectivity index (χ1n) is 10.1. The van der Waals surface area contributed by atoms with Gasteiger partial charge in [0.05, 0.1) is 10.9 Å². The van der Waals surface area contributed by atoms with Crippen molar-refractivity contribution in [2.45, 2.75) is 17.9 Å². The van der Waals surface area contributed by atoms with Crippen molar-refractivity contribution in [3.63, 3.8) is 0 Å². The van der Waals surface area contributed by atoms with E-state index in [9.17, 15) is 12.8 Å². The van der Waals surface area contributed by atoms with Crippen LogP contribution in [-0.2, 0) is 10.0 Å². The highest BCUT2D eigenvalue weighted by Gasteiger charge is 2.32. The quantitative estimate of drug-likeness (QED) is 0.615. The minimum atomic E-state index is -3.70. The van der Waals surface area contributed by atoms with Crippen molar-refractivity contribution < 1.29 is 12.8 Å². The molecule has 6 heteroatoms. The monoisotopic (exact) mass is 424 g/mol. The molecule has 0 radical (unpaired) electrons. The fourth-order valence-electron chi connectivity index (χ4n) is 3.98. The molecule has 4 nitrogen and oxygen atoms in total. The minimum Gasteiger partial charge on any atom is -0.290 e. The highest BCUT2D eigenvalue weighted by Crippen LogP contribution is 2.30. The molecule has 3 aromatic carbocycles. The van der Waals surface area contributed by atoms with E-state index in [0.717, 1.165) is 6.07 Å². The maximum absolute atomic E-state index is 13.5. The molecule has 156 valence electrons. The fraction of sp³-hybridized carbons (Fsp3) is 0.250. The first kappa shape index (κ1) is 20.7. The Bertz CT molecular complexity index is 1090. The van der Waals surface area contributed by atoms with Gasteiger partial charge in [0.2, 0.25) is 10.0 Å². The van der Waals surface area contributed by atoms with Crippen LogP contribution in [0.15, 0.2) is 83.8 Å². The summed E-state index contributed by atoms with van der Waals surface area (Å²) in [6, 6.07) is 24.1. The van der Waals surface area contributed by atoms with E-state index in [2.05, 4.69) is 48.2 Å². The highest BCUT2D eigenvalue weighted by atomic mass is 32.2. The Hall–Kier alpha value is -2.54. The van der Waals surface area contributed by atoms with Crippen LogP contribution < -0.4 is 0 Å². The summed E-state index contributed by atoms with van der Waals surface area (Å²) in [6.07, 6.45) is 0. The van der Waals surface area contributed by atoms with Gasteiger partial charge in [0.1, 0.15) is 5.82 Å². The van der Waals surface area contributed by atoms with Crippen molar-refractivity contribution in [1.82, 2.24) is 9.21 Å². The van der Waals surface area contributed by atoms with Crippen molar-refractivity contribution in [1.29, 1.82) is 0 Å². The Kier molecular flexibility index (Phi) is 5.99. The van der Waals surface area contributed by atoms with Gasteiger partial charge in [0.25, 0.3) is 0 Å². The van der Waals surface area contributed by atoms with Gasteiger partial charge >= 0.3 is 0 Å². The third-order valence-electron chi connectivity index (χ3n) is 5.58. The summed E-state index contributed by atoms with van der Waals surface area (Å²) >= 11 is 0. The van der Waals surface area contributed by atoms with Gasteiger partial charge in [-0.25, -0.2) is 12.8 Å². The van der Waals surface area contributed by atoms with Crippen LogP contribution in [0.2, 0.25) is 0 Å². The smallest absolute Gasteiger partial charge is 0.243 e. The van der Waals surface area contributed by atoms with Gasteiger partial charge < -0.3 is 0 Å². The van der Waals surface area contributed by atoms with Crippen LogP contribution in [0.3, 0.4) is 0 Å². The number of halogens is 1. The lowest BCUT2D eigenvalue weighted by Crippen LogP contribution is -2.49. The van der Waals surface area contributed by atoms with Gasteiger partial charge in [-0.2, -0.15) is 4.31 Å². The predicted octanol–water partition coefficient (Wildman–Crippen LogP) is 4.23. The van der Waals surface area contributed by atoms with Crippen LogP contribution in [0.4, 0.5) is 4.39 Å². The first-order valence-corrected chi connectivity index (χ1v) is 11.5. The standard InChI is InChI=1S/C24H25FN2O2S/c1-19-10-12-21(13-11-19)24(20-6-3-2-4-7-20)26-14-16-27(17-15-26)30(28,29)23-9-5-8-22(25)18-23/h2-13,18,24H,14-17H2,1H3. The van der Waals surface area contributed by atoms with Crippen LogP contribution in [-0.4, -0.2) is 43.8 Å². The zero-order chi connectivity index (χ0) is 21.1. The number of hydrogen-bond acceptors (Lipinski definition) is 3. The van der Waals surface area contributed by atoms with Gasteiger partial charge in [-0.3, -0.25) is 4.90 Å². The summed E-state index contributed by atoms with van der Waals surface area (Å²) in [7, 11) is -3.70. The molecule has 30 heavy (non-hydrogen) atoms. The molecule has 1 aliphatic rings. The molecular weight excluding hydrogens is 399 g/mol.